The minimum Gasteiger partial charge on any atom is -0.496 e. The van der Waals surface area contributed by atoms with Gasteiger partial charge in [0.1, 0.15) is 5.75 Å². The molecule has 0 aliphatic carbocycles. The molecule has 0 radical (unpaired) electrons. The van der Waals surface area contributed by atoms with Crippen molar-refractivity contribution in [3.8, 4) is 5.75 Å². The van der Waals surface area contributed by atoms with Gasteiger partial charge in [0.2, 0.25) is 0 Å². The van der Waals surface area contributed by atoms with Crippen LogP contribution in [0.2, 0.25) is 0 Å². The molecule has 9 nitrogen and oxygen atoms in total. The molecule has 1 saturated heterocycles. The number of hydrogen-bond donors (Lipinski definition) is 2. The number of ether oxygens (including phenoxy) is 1. The number of H-pyrrole nitrogens is 1. The summed E-state index contributed by atoms with van der Waals surface area (Å²) >= 11 is 0. The maximum Gasteiger partial charge on any atom is 0.401 e. The highest BCUT2D eigenvalue weighted by molar-refractivity contribution is 6.02. The van der Waals surface area contributed by atoms with E-state index in [1.807, 2.05) is 60.2 Å². The molecule has 2 aromatic rings. The van der Waals surface area contributed by atoms with Gasteiger partial charge in [-0.1, -0.05) is 26.8 Å². The van der Waals surface area contributed by atoms with Crippen LogP contribution in [0.15, 0.2) is 51.4 Å². The molecule has 0 aromatic carbocycles. The van der Waals surface area contributed by atoms with Crippen molar-refractivity contribution in [3.05, 3.63) is 74.5 Å². The third kappa shape index (κ3) is 8.60. The number of aromatic nitrogens is 2. The van der Waals surface area contributed by atoms with E-state index in [9.17, 15) is 22.8 Å². The molecule has 4 rings (SSSR count). The first-order chi connectivity index (χ1) is 21.8. The summed E-state index contributed by atoms with van der Waals surface area (Å²) in [6.45, 7) is 10.2. The number of aromatic amines is 1. The fourth-order valence-corrected chi connectivity index (χ4v) is 5.87. The van der Waals surface area contributed by atoms with Crippen LogP contribution in [0.1, 0.15) is 63.1 Å². The van der Waals surface area contributed by atoms with Gasteiger partial charge in [-0.2, -0.15) is 13.2 Å². The normalized spacial score (nSPS) is 18.3. The van der Waals surface area contributed by atoms with E-state index in [1.165, 1.54) is 12.0 Å². The minimum absolute atomic E-state index is 0.0406. The topological polar surface area (TPSA) is 95.0 Å². The van der Waals surface area contributed by atoms with Crippen LogP contribution in [0.5, 0.6) is 5.75 Å². The Morgan fingerprint density at radius 2 is 1.96 bits per heavy atom. The number of aliphatic imine (C=N–C) groups is 1. The fraction of sp³-hybridized carbons (Fsp3) is 0.500. The Hall–Kier alpha value is -4.06. The number of hydrogen-bond acceptors (Lipinski definition) is 6. The highest BCUT2D eigenvalue weighted by atomic mass is 19.4. The molecular weight excluding hydrogens is 597 g/mol. The highest BCUT2D eigenvalue weighted by Gasteiger charge is 2.33. The van der Waals surface area contributed by atoms with Gasteiger partial charge in [-0.25, -0.2) is 0 Å². The quantitative estimate of drug-likeness (QED) is 0.258. The van der Waals surface area contributed by atoms with Crippen LogP contribution < -0.4 is 20.6 Å². The lowest BCUT2D eigenvalue weighted by Crippen LogP contribution is -2.53. The van der Waals surface area contributed by atoms with Gasteiger partial charge in [0.25, 0.3) is 11.5 Å². The second-order valence-corrected chi connectivity index (χ2v) is 12.2. The third-order valence-corrected chi connectivity index (χ3v) is 8.40. The predicted molar refractivity (Wildman–Crippen MR) is 177 cm³/mol. The average Bonchev–Trinajstić information content (AvgIpc) is 3.42. The van der Waals surface area contributed by atoms with Gasteiger partial charge in [0, 0.05) is 55.4 Å². The molecule has 1 amide bonds. The summed E-state index contributed by atoms with van der Waals surface area (Å²) < 4.78 is 46.6. The van der Waals surface area contributed by atoms with E-state index in [2.05, 4.69) is 29.1 Å². The van der Waals surface area contributed by atoms with Crippen molar-refractivity contribution in [2.75, 3.05) is 44.8 Å². The molecule has 2 aliphatic heterocycles. The lowest BCUT2D eigenvalue weighted by molar-refractivity contribution is -0.146. The number of dihydropyridines is 1. The zero-order valence-corrected chi connectivity index (χ0v) is 27.5. The van der Waals surface area contributed by atoms with Crippen molar-refractivity contribution in [2.24, 2.45) is 10.9 Å². The maximum atomic E-state index is 13.9. The Labute approximate surface area is 268 Å². The molecule has 12 heteroatoms. The maximum absolute atomic E-state index is 13.9. The lowest BCUT2D eigenvalue weighted by atomic mass is 9.90. The summed E-state index contributed by atoms with van der Waals surface area (Å²) in [5, 5.41) is 4.93. The van der Waals surface area contributed by atoms with Gasteiger partial charge in [-0.3, -0.25) is 24.2 Å². The third-order valence-electron chi connectivity index (χ3n) is 8.40. The lowest BCUT2D eigenvalue weighted by Gasteiger charge is -2.37. The number of methoxy groups -OCH3 is 1. The Morgan fingerprint density at radius 1 is 1.24 bits per heavy atom. The zero-order chi connectivity index (χ0) is 33.6. The number of alkyl halides is 3. The standard InChI is InChI=1S/C34H45F3N6O3/c1-7-8-23(4)27(32(44)39-20-28-31(46-6)17-24(5)40-33(28)45)19-30-26(25-9-11-38-29(18-25)22(2)3)10-12-43(30)42-15-13-41(14-16-42)21-34(35,36)37/h8-12,17,19,22,29H,7,13-16,18,20-21H2,1-6H3,(H,39,44)(H,40,45)/b23-8+,27-19+. The number of pyridine rings is 1. The van der Waals surface area contributed by atoms with E-state index in [4.69, 9.17) is 4.74 Å². The molecule has 4 heterocycles. The second-order valence-electron chi connectivity index (χ2n) is 12.2. The Kier molecular flexibility index (Phi) is 11.4. The summed E-state index contributed by atoms with van der Waals surface area (Å²) in [6.07, 6.45) is 6.72. The number of allylic oxidation sites excluding steroid dienone is 2. The molecule has 46 heavy (non-hydrogen) atoms. The molecule has 1 unspecified atom stereocenters. The van der Waals surface area contributed by atoms with Gasteiger partial charge in [0.05, 0.1) is 37.5 Å². The van der Waals surface area contributed by atoms with Crippen LogP contribution in [0.25, 0.3) is 11.6 Å². The zero-order valence-electron chi connectivity index (χ0n) is 27.5. The van der Waals surface area contributed by atoms with Crippen LogP contribution in [0.3, 0.4) is 0 Å². The Bertz CT molecular complexity index is 1570. The second kappa shape index (κ2) is 15.0. The van der Waals surface area contributed by atoms with E-state index >= 15 is 0 Å². The van der Waals surface area contributed by atoms with Crippen molar-refractivity contribution >= 4 is 23.8 Å². The van der Waals surface area contributed by atoms with Gasteiger partial charge in [0.15, 0.2) is 0 Å². The SMILES string of the molecule is CC/C=C(C)/C(=C\c1c(C2=CC=NC(C(C)C)C2)ccn1N1CCN(CC(F)(F)F)CC1)C(=O)NCc1c(OC)cc(C)[nH]c1=O. The molecule has 0 saturated carbocycles. The summed E-state index contributed by atoms with van der Waals surface area (Å²) in [7, 11) is 1.48. The monoisotopic (exact) mass is 642 g/mol. The predicted octanol–water partition coefficient (Wildman–Crippen LogP) is 5.25. The number of amides is 1. The van der Waals surface area contributed by atoms with Gasteiger partial charge >= 0.3 is 6.18 Å². The number of rotatable bonds is 11. The van der Waals surface area contributed by atoms with Crippen LogP contribution in [0, 0.1) is 12.8 Å². The van der Waals surface area contributed by atoms with Gasteiger partial charge < -0.3 is 20.0 Å². The summed E-state index contributed by atoms with van der Waals surface area (Å²) in [5.74, 6) is 0.359. The van der Waals surface area contributed by atoms with Crippen molar-refractivity contribution in [1.29, 1.82) is 0 Å². The van der Waals surface area contributed by atoms with Crippen molar-refractivity contribution < 1.29 is 22.7 Å². The number of carbonyl (C=O) groups is 1. The van der Waals surface area contributed by atoms with Crippen LogP contribution >= 0.6 is 0 Å². The first kappa shape index (κ1) is 34.8. The van der Waals surface area contributed by atoms with Gasteiger partial charge in [-0.15, -0.1) is 0 Å². The molecule has 250 valence electrons. The van der Waals surface area contributed by atoms with Crippen LogP contribution in [-0.2, 0) is 11.3 Å². The highest BCUT2D eigenvalue weighted by Crippen LogP contribution is 2.32. The number of nitrogens with zero attached hydrogens (tertiary/aromatic N) is 4. The van der Waals surface area contributed by atoms with Gasteiger partial charge in [-0.05, 0) is 68.0 Å². The van der Waals surface area contributed by atoms with Crippen molar-refractivity contribution in [2.45, 2.75) is 66.2 Å². The van der Waals surface area contributed by atoms with Crippen LogP contribution in [-0.4, -0.2) is 78.7 Å². The summed E-state index contributed by atoms with van der Waals surface area (Å²) in [4.78, 5) is 35.4. The number of piperazine rings is 1. The van der Waals surface area contributed by atoms with E-state index in [0.717, 1.165) is 28.8 Å². The van der Waals surface area contributed by atoms with E-state index in [1.54, 1.807) is 13.0 Å². The average molecular weight is 643 g/mol. The number of aryl methyl sites for hydroxylation is 1. The Morgan fingerprint density at radius 3 is 2.59 bits per heavy atom. The molecule has 2 N–H and O–H groups in total. The van der Waals surface area contributed by atoms with Crippen molar-refractivity contribution in [3.63, 3.8) is 0 Å². The summed E-state index contributed by atoms with van der Waals surface area (Å²) in [5.41, 5.74) is 4.56. The van der Waals surface area contributed by atoms with Crippen molar-refractivity contribution in [1.82, 2.24) is 19.9 Å². The fourth-order valence-electron chi connectivity index (χ4n) is 5.87. The Balaban J connectivity index is 1.74. The molecular formula is C34H45F3N6O3. The first-order valence-corrected chi connectivity index (χ1v) is 15.7. The molecule has 0 spiro atoms. The largest absolute Gasteiger partial charge is 0.496 e. The molecule has 2 aliphatic rings. The minimum atomic E-state index is -4.25. The molecule has 1 atom stereocenters. The number of nitrogens with one attached hydrogen (secondary N) is 2. The van der Waals surface area contributed by atoms with E-state index in [-0.39, 0.29) is 37.1 Å². The molecule has 0 bridgehead atoms. The number of halogens is 3. The van der Waals surface area contributed by atoms with Crippen LogP contribution in [0.4, 0.5) is 13.2 Å². The molecule has 1 fully saturated rings. The molecule has 2 aromatic heterocycles. The van der Waals surface area contributed by atoms with E-state index < -0.39 is 12.7 Å². The number of carbonyl (C=O) groups excluding carboxylic acids is 1. The smallest absolute Gasteiger partial charge is 0.401 e. The van der Waals surface area contributed by atoms with E-state index in [0.29, 0.717) is 48.0 Å². The summed E-state index contributed by atoms with van der Waals surface area (Å²) in [6, 6.07) is 3.82. The first-order valence-electron chi connectivity index (χ1n) is 15.7.